The van der Waals surface area contributed by atoms with Gasteiger partial charge in [-0.3, -0.25) is 4.79 Å². The molecule has 5 aromatic rings. The Morgan fingerprint density at radius 3 is 2.51 bits per heavy atom. The number of ether oxygens (including phenoxy) is 2. The summed E-state index contributed by atoms with van der Waals surface area (Å²) < 4.78 is 15.2. The zero-order chi connectivity index (χ0) is 30.7. The Hall–Kier alpha value is -3.46. The lowest BCUT2D eigenvalue weighted by molar-refractivity contribution is 0.305. The van der Waals surface area contributed by atoms with E-state index in [0.29, 0.717) is 46.3 Å². The van der Waals surface area contributed by atoms with Crippen LogP contribution in [0.25, 0.3) is 22.3 Å². The van der Waals surface area contributed by atoms with Crippen molar-refractivity contribution in [2.75, 3.05) is 6.61 Å². The smallest absolute Gasteiger partial charge is 0.282 e. The highest BCUT2D eigenvalue weighted by Gasteiger charge is 2.18. The van der Waals surface area contributed by atoms with E-state index in [1.807, 2.05) is 62.4 Å². The lowest BCUT2D eigenvalue weighted by Gasteiger charge is -2.18. The van der Waals surface area contributed by atoms with Gasteiger partial charge in [0.2, 0.25) is 0 Å². The second-order valence-corrected chi connectivity index (χ2v) is 12.5. The van der Waals surface area contributed by atoms with Crippen LogP contribution in [0.3, 0.4) is 0 Å². The number of hydrogen-bond donors (Lipinski definition) is 0. The van der Waals surface area contributed by atoms with Crippen molar-refractivity contribution in [2.45, 2.75) is 40.2 Å². The molecule has 0 atom stereocenters. The first kappa shape index (κ1) is 31.0. The Morgan fingerprint density at radius 2 is 1.79 bits per heavy atom. The summed E-state index contributed by atoms with van der Waals surface area (Å²) in [5.41, 5.74) is 4.83. The number of aryl methyl sites for hydroxylation is 1. The van der Waals surface area contributed by atoms with Crippen LogP contribution >= 0.6 is 43.5 Å². The van der Waals surface area contributed by atoms with Crippen LogP contribution in [0.4, 0.5) is 0 Å². The highest BCUT2D eigenvalue weighted by Crippen LogP contribution is 2.34. The predicted octanol–water partition coefficient (Wildman–Crippen LogP) is 9.53. The number of rotatable bonds is 9. The lowest BCUT2D eigenvalue weighted by atomic mass is 9.96. The molecule has 0 aliphatic carbocycles. The lowest BCUT2D eigenvalue weighted by Crippen LogP contribution is -2.20. The van der Waals surface area contributed by atoms with Crippen LogP contribution < -0.4 is 15.0 Å². The Kier molecular flexibility index (Phi) is 9.69. The van der Waals surface area contributed by atoms with E-state index in [-0.39, 0.29) is 11.5 Å². The topological polar surface area (TPSA) is 65.7 Å². The molecule has 9 heteroatoms. The van der Waals surface area contributed by atoms with Crippen molar-refractivity contribution in [1.82, 2.24) is 9.66 Å². The third-order valence-corrected chi connectivity index (χ3v) is 8.48. The van der Waals surface area contributed by atoms with Gasteiger partial charge in [0.1, 0.15) is 18.1 Å². The molecule has 43 heavy (non-hydrogen) atoms. The van der Waals surface area contributed by atoms with E-state index in [1.54, 1.807) is 24.4 Å². The third kappa shape index (κ3) is 6.87. The van der Waals surface area contributed by atoms with Crippen LogP contribution in [-0.4, -0.2) is 22.5 Å². The minimum atomic E-state index is -0.262. The predicted molar refractivity (Wildman–Crippen MR) is 182 cm³/mol. The number of aromatic nitrogens is 2. The molecule has 0 unspecified atom stereocenters. The highest BCUT2D eigenvalue weighted by molar-refractivity contribution is 9.11. The van der Waals surface area contributed by atoms with Crippen molar-refractivity contribution >= 4 is 60.6 Å². The van der Waals surface area contributed by atoms with Gasteiger partial charge in [-0.1, -0.05) is 75.5 Å². The third-order valence-electron chi connectivity index (χ3n) is 6.95. The van der Waals surface area contributed by atoms with Gasteiger partial charge >= 0.3 is 0 Å². The molecule has 0 N–H and O–H groups in total. The van der Waals surface area contributed by atoms with Gasteiger partial charge in [0.05, 0.1) is 28.7 Å². The molecule has 1 aromatic heterocycles. The first-order valence-electron chi connectivity index (χ1n) is 13.9. The fourth-order valence-corrected chi connectivity index (χ4v) is 6.11. The van der Waals surface area contributed by atoms with Gasteiger partial charge in [0.25, 0.3) is 5.56 Å². The summed E-state index contributed by atoms with van der Waals surface area (Å²) in [4.78, 5) is 18.7. The maximum Gasteiger partial charge on any atom is 0.282 e. The Morgan fingerprint density at radius 1 is 1.00 bits per heavy atom. The van der Waals surface area contributed by atoms with Crippen LogP contribution in [0.2, 0.25) is 5.02 Å². The van der Waals surface area contributed by atoms with Crippen LogP contribution in [0.1, 0.15) is 48.9 Å². The number of para-hydroxylation sites is 1. The second kappa shape index (κ2) is 13.5. The Labute approximate surface area is 272 Å². The van der Waals surface area contributed by atoms with Gasteiger partial charge in [0.15, 0.2) is 5.82 Å². The zero-order valence-corrected chi connectivity index (χ0v) is 28.1. The summed E-state index contributed by atoms with van der Waals surface area (Å²) in [6.45, 7) is 9.10. The first-order chi connectivity index (χ1) is 20.7. The van der Waals surface area contributed by atoms with Crippen LogP contribution in [-0.2, 0) is 6.61 Å². The molecule has 6 nitrogen and oxygen atoms in total. The van der Waals surface area contributed by atoms with Crippen LogP contribution in [0, 0.1) is 6.92 Å². The first-order valence-corrected chi connectivity index (χ1v) is 15.8. The van der Waals surface area contributed by atoms with E-state index in [2.05, 4.69) is 56.9 Å². The summed E-state index contributed by atoms with van der Waals surface area (Å²) in [5, 5.41) is 5.56. The highest BCUT2D eigenvalue weighted by atomic mass is 79.9. The van der Waals surface area contributed by atoms with Crippen LogP contribution in [0.15, 0.2) is 91.6 Å². The molecule has 0 spiro atoms. The number of benzene rings is 4. The largest absolute Gasteiger partial charge is 0.494 e. The molecule has 1 heterocycles. The molecule has 0 fully saturated rings. The van der Waals surface area contributed by atoms with Crippen molar-refractivity contribution in [2.24, 2.45) is 5.10 Å². The van der Waals surface area contributed by atoms with Gasteiger partial charge in [0, 0.05) is 20.1 Å². The van der Waals surface area contributed by atoms with Crippen molar-refractivity contribution in [1.29, 1.82) is 0 Å². The fourth-order valence-electron chi connectivity index (χ4n) is 4.71. The zero-order valence-electron chi connectivity index (χ0n) is 24.2. The van der Waals surface area contributed by atoms with E-state index in [4.69, 9.17) is 26.1 Å². The van der Waals surface area contributed by atoms with Gasteiger partial charge in [-0.2, -0.15) is 9.78 Å². The molecule has 0 aliphatic heterocycles. The number of halogens is 3. The summed E-state index contributed by atoms with van der Waals surface area (Å²) in [5.74, 6) is 2.04. The minimum Gasteiger partial charge on any atom is -0.494 e. The molecular weight excluding hydrogens is 694 g/mol. The fraction of sp³-hybridized carbons (Fsp3) is 0.206. The van der Waals surface area contributed by atoms with Crippen LogP contribution in [0.5, 0.6) is 11.5 Å². The molecule has 5 rings (SSSR count). The molecule has 0 bridgehead atoms. The molecule has 0 radical (unpaired) electrons. The standard InChI is InChI=1S/C34H30Br2ClN3O3/c1-5-42-32-14-21(4)27(17-26(32)20(2)3)33-39-30-9-7-6-8-25(30)34(41)40(33)38-18-22-10-13-31(29(37)15-22)43-19-23-11-12-24(35)16-28(23)36/h6-18,20H,5,19H2,1-4H3. The van der Waals surface area contributed by atoms with Crippen molar-refractivity contribution < 1.29 is 9.47 Å². The van der Waals surface area contributed by atoms with Gasteiger partial charge < -0.3 is 9.47 Å². The normalized spacial score (nSPS) is 11.5. The summed E-state index contributed by atoms with van der Waals surface area (Å²) in [6, 6.07) is 22.7. The van der Waals surface area contributed by atoms with E-state index in [9.17, 15) is 4.79 Å². The second-order valence-electron chi connectivity index (χ2n) is 10.3. The van der Waals surface area contributed by atoms with E-state index in [1.165, 1.54) is 4.68 Å². The molecule has 0 aliphatic rings. The number of nitrogens with zero attached hydrogens (tertiary/aromatic N) is 3. The molecule has 220 valence electrons. The molecule has 0 saturated carbocycles. The average Bonchev–Trinajstić information content (AvgIpc) is 2.97. The van der Waals surface area contributed by atoms with Gasteiger partial charge in [-0.25, -0.2) is 4.98 Å². The maximum atomic E-state index is 13.8. The SMILES string of the molecule is CCOc1cc(C)c(-c2nc3ccccc3c(=O)n2N=Cc2ccc(OCc3ccc(Br)cc3Br)c(Cl)c2)cc1C(C)C. The Balaban J connectivity index is 1.53. The average molecular weight is 724 g/mol. The van der Waals surface area contributed by atoms with Crippen molar-refractivity contribution in [3.63, 3.8) is 0 Å². The summed E-state index contributed by atoms with van der Waals surface area (Å²) in [6.07, 6.45) is 1.61. The maximum absolute atomic E-state index is 13.8. The summed E-state index contributed by atoms with van der Waals surface area (Å²) >= 11 is 13.6. The monoisotopic (exact) mass is 721 g/mol. The van der Waals surface area contributed by atoms with Crippen molar-refractivity contribution in [3.8, 4) is 22.9 Å². The minimum absolute atomic E-state index is 0.206. The summed E-state index contributed by atoms with van der Waals surface area (Å²) in [7, 11) is 0. The van der Waals surface area contributed by atoms with E-state index < -0.39 is 0 Å². The molecular formula is C34H30Br2ClN3O3. The quantitative estimate of drug-likeness (QED) is 0.142. The van der Waals surface area contributed by atoms with Gasteiger partial charge in [-0.15, -0.1) is 0 Å². The number of hydrogen-bond acceptors (Lipinski definition) is 5. The molecule has 0 saturated heterocycles. The van der Waals surface area contributed by atoms with Crippen molar-refractivity contribution in [3.05, 3.63) is 119 Å². The van der Waals surface area contributed by atoms with E-state index in [0.717, 1.165) is 36.9 Å². The molecule has 0 amide bonds. The van der Waals surface area contributed by atoms with E-state index >= 15 is 0 Å². The Bertz CT molecular complexity index is 1900. The molecule has 4 aromatic carbocycles. The van der Waals surface area contributed by atoms with Gasteiger partial charge in [-0.05, 0) is 91.1 Å². The number of fused-ring (bicyclic) bond motifs is 1.